The normalized spacial score (nSPS) is 19.7. The number of benzene rings is 2. The SMILES string of the molecule is CC1Cc2ccccc2N(C(=O)c2cc(F)c(N3CCOCC3)c(F)c2)C1. The molecule has 0 bridgehead atoms. The average Bonchev–Trinajstić information content (AvgIpc) is 2.67. The van der Waals surface area contributed by atoms with Gasteiger partial charge in [0.05, 0.1) is 13.2 Å². The van der Waals surface area contributed by atoms with Crippen LogP contribution in [0.3, 0.4) is 0 Å². The molecule has 0 aromatic heterocycles. The second-order valence-corrected chi connectivity index (χ2v) is 7.24. The van der Waals surface area contributed by atoms with Crippen LogP contribution in [0.25, 0.3) is 0 Å². The molecule has 0 spiro atoms. The van der Waals surface area contributed by atoms with Crippen molar-refractivity contribution in [1.29, 1.82) is 0 Å². The average molecular weight is 372 g/mol. The molecule has 27 heavy (non-hydrogen) atoms. The fourth-order valence-electron chi connectivity index (χ4n) is 3.92. The quantitative estimate of drug-likeness (QED) is 0.807. The van der Waals surface area contributed by atoms with Gasteiger partial charge >= 0.3 is 0 Å². The molecule has 2 aromatic rings. The van der Waals surface area contributed by atoms with Gasteiger partial charge < -0.3 is 14.5 Å². The Morgan fingerprint density at radius 3 is 2.48 bits per heavy atom. The van der Waals surface area contributed by atoms with Crippen LogP contribution in [0.15, 0.2) is 36.4 Å². The Labute approximate surface area is 157 Å². The van der Waals surface area contributed by atoms with Crippen LogP contribution in [0.1, 0.15) is 22.8 Å². The lowest BCUT2D eigenvalue weighted by Crippen LogP contribution is -2.39. The van der Waals surface area contributed by atoms with Gasteiger partial charge in [0.25, 0.3) is 5.91 Å². The summed E-state index contributed by atoms with van der Waals surface area (Å²) in [5, 5.41) is 0. The molecule has 4 rings (SSSR count). The smallest absolute Gasteiger partial charge is 0.258 e. The van der Waals surface area contributed by atoms with E-state index < -0.39 is 11.6 Å². The van der Waals surface area contributed by atoms with Crippen molar-refractivity contribution >= 4 is 17.3 Å². The maximum absolute atomic E-state index is 14.7. The molecule has 0 N–H and O–H groups in total. The minimum absolute atomic E-state index is 0.0333. The van der Waals surface area contributed by atoms with E-state index in [1.165, 1.54) is 0 Å². The molecule has 2 aromatic carbocycles. The number of carbonyl (C=O) groups is 1. The molecule has 4 nitrogen and oxygen atoms in total. The number of anilines is 2. The molecule has 1 saturated heterocycles. The molecule has 2 aliphatic heterocycles. The zero-order chi connectivity index (χ0) is 19.0. The molecule has 1 fully saturated rings. The molecule has 1 atom stereocenters. The first-order chi connectivity index (χ1) is 13.0. The number of amides is 1. The highest BCUT2D eigenvalue weighted by Crippen LogP contribution is 2.32. The van der Waals surface area contributed by atoms with Crippen LogP contribution in [-0.4, -0.2) is 38.8 Å². The van der Waals surface area contributed by atoms with Crippen LogP contribution in [0, 0.1) is 17.6 Å². The third-order valence-corrected chi connectivity index (χ3v) is 5.18. The Hall–Kier alpha value is -2.47. The van der Waals surface area contributed by atoms with Crippen molar-refractivity contribution in [2.45, 2.75) is 13.3 Å². The molecule has 2 aliphatic rings. The fourth-order valence-corrected chi connectivity index (χ4v) is 3.92. The number of hydrogen-bond acceptors (Lipinski definition) is 3. The molecule has 6 heteroatoms. The summed E-state index contributed by atoms with van der Waals surface area (Å²) in [6, 6.07) is 9.99. The lowest BCUT2D eigenvalue weighted by atomic mass is 9.93. The Kier molecular flexibility index (Phi) is 4.83. The minimum Gasteiger partial charge on any atom is -0.378 e. The Bertz CT molecular complexity index is 842. The molecule has 1 unspecified atom stereocenters. The standard InChI is InChI=1S/C21H22F2N2O2/c1-14-10-15-4-2-3-5-19(15)25(13-14)21(26)16-11-17(22)20(18(23)12-16)24-6-8-27-9-7-24/h2-5,11-12,14H,6-10,13H2,1H3. The van der Waals surface area contributed by atoms with Crippen molar-refractivity contribution in [2.75, 3.05) is 42.6 Å². The molecule has 0 radical (unpaired) electrons. The summed E-state index contributed by atoms with van der Waals surface area (Å²) in [7, 11) is 0. The first-order valence-corrected chi connectivity index (χ1v) is 9.26. The highest BCUT2D eigenvalue weighted by molar-refractivity contribution is 6.07. The summed E-state index contributed by atoms with van der Waals surface area (Å²) in [6.45, 7) is 4.32. The minimum atomic E-state index is -0.710. The lowest BCUT2D eigenvalue weighted by molar-refractivity contribution is 0.0980. The van der Waals surface area contributed by atoms with Crippen molar-refractivity contribution in [3.8, 4) is 0 Å². The first kappa shape index (κ1) is 17.9. The van der Waals surface area contributed by atoms with Crippen LogP contribution in [0.4, 0.5) is 20.2 Å². The second-order valence-electron chi connectivity index (χ2n) is 7.24. The van der Waals surface area contributed by atoms with Crippen molar-refractivity contribution in [2.24, 2.45) is 5.92 Å². The summed E-state index contributed by atoms with van der Waals surface area (Å²) >= 11 is 0. The Balaban J connectivity index is 1.67. The highest BCUT2D eigenvalue weighted by Gasteiger charge is 2.29. The third kappa shape index (κ3) is 3.41. The number of halogens is 2. The Morgan fingerprint density at radius 1 is 1.11 bits per heavy atom. The van der Waals surface area contributed by atoms with E-state index in [0.29, 0.717) is 32.8 Å². The monoisotopic (exact) mass is 372 g/mol. The van der Waals surface area contributed by atoms with Crippen LogP contribution < -0.4 is 9.80 Å². The van der Waals surface area contributed by atoms with E-state index in [1.807, 2.05) is 24.3 Å². The van der Waals surface area contributed by atoms with E-state index in [4.69, 9.17) is 4.74 Å². The Morgan fingerprint density at radius 2 is 1.78 bits per heavy atom. The lowest BCUT2D eigenvalue weighted by Gasteiger charge is -2.33. The predicted molar refractivity (Wildman–Crippen MR) is 100 cm³/mol. The number of hydrogen-bond donors (Lipinski definition) is 0. The van der Waals surface area contributed by atoms with E-state index in [0.717, 1.165) is 29.8 Å². The molecule has 142 valence electrons. The maximum Gasteiger partial charge on any atom is 0.258 e. The van der Waals surface area contributed by atoms with Gasteiger partial charge in [-0.25, -0.2) is 8.78 Å². The third-order valence-electron chi connectivity index (χ3n) is 5.18. The van der Waals surface area contributed by atoms with E-state index in [9.17, 15) is 13.6 Å². The summed E-state index contributed by atoms with van der Waals surface area (Å²) in [6.07, 6.45) is 0.888. The number of fused-ring (bicyclic) bond motifs is 1. The highest BCUT2D eigenvalue weighted by atomic mass is 19.1. The summed E-state index contributed by atoms with van der Waals surface area (Å²) in [5.41, 5.74) is 1.85. The summed E-state index contributed by atoms with van der Waals surface area (Å²) in [4.78, 5) is 16.3. The van der Waals surface area contributed by atoms with Crippen LogP contribution in [-0.2, 0) is 11.2 Å². The van der Waals surface area contributed by atoms with Crippen molar-refractivity contribution < 1.29 is 18.3 Å². The molecule has 1 amide bonds. The molecule has 0 aliphatic carbocycles. The number of nitrogens with zero attached hydrogens (tertiary/aromatic N) is 2. The maximum atomic E-state index is 14.7. The van der Waals surface area contributed by atoms with Crippen molar-refractivity contribution in [3.63, 3.8) is 0 Å². The van der Waals surface area contributed by atoms with Crippen LogP contribution in [0.2, 0.25) is 0 Å². The first-order valence-electron chi connectivity index (χ1n) is 9.26. The van der Waals surface area contributed by atoms with E-state index in [-0.39, 0.29) is 23.1 Å². The summed E-state index contributed by atoms with van der Waals surface area (Å²) < 4.78 is 34.6. The van der Waals surface area contributed by atoms with Gasteiger partial charge in [-0.2, -0.15) is 0 Å². The van der Waals surface area contributed by atoms with Gasteiger partial charge in [0, 0.05) is 30.9 Å². The largest absolute Gasteiger partial charge is 0.378 e. The number of rotatable bonds is 2. The molecule has 0 saturated carbocycles. The van der Waals surface area contributed by atoms with Gasteiger partial charge in [-0.3, -0.25) is 4.79 Å². The van der Waals surface area contributed by atoms with Crippen LogP contribution >= 0.6 is 0 Å². The van der Waals surface area contributed by atoms with Gasteiger partial charge in [0.1, 0.15) is 17.3 Å². The van der Waals surface area contributed by atoms with Gasteiger partial charge in [0.15, 0.2) is 0 Å². The molecular formula is C21H22F2N2O2. The number of carbonyl (C=O) groups excluding carboxylic acids is 1. The van der Waals surface area contributed by atoms with E-state index in [1.54, 1.807) is 9.80 Å². The van der Waals surface area contributed by atoms with E-state index in [2.05, 4.69) is 6.92 Å². The summed E-state index contributed by atoms with van der Waals surface area (Å²) in [5.74, 6) is -1.51. The topological polar surface area (TPSA) is 32.8 Å². The van der Waals surface area contributed by atoms with Gasteiger partial charge in [-0.1, -0.05) is 25.1 Å². The van der Waals surface area contributed by atoms with Crippen LogP contribution in [0.5, 0.6) is 0 Å². The van der Waals surface area contributed by atoms with Crippen molar-refractivity contribution in [3.05, 3.63) is 59.2 Å². The zero-order valence-electron chi connectivity index (χ0n) is 15.3. The number of ether oxygens (including phenoxy) is 1. The van der Waals surface area contributed by atoms with Gasteiger partial charge in [0.2, 0.25) is 0 Å². The number of para-hydroxylation sites is 1. The van der Waals surface area contributed by atoms with E-state index >= 15 is 0 Å². The number of morpholine rings is 1. The van der Waals surface area contributed by atoms with Gasteiger partial charge in [-0.15, -0.1) is 0 Å². The van der Waals surface area contributed by atoms with Gasteiger partial charge in [-0.05, 0) is 36.1 Å². The van der Waals surface area contributed by atoms with Crippen molar-refractivity contribution in [1.82, 2.24) is 0 Å². The zero-order valence-corrected chi connectivity index (χ0v) is 15.3. The second kappa shape index (κ2) is 7.27. The molecule has 2 heterocycles. The fraction of sp³-hybridized carbons (Fsp3) is 0.381. The predicted octanol–water partition coefficient (Wildman–Crippen LogP) is 3.64. The molecular weight excluding hydrogens is 350 g/mol.